The van der Waals surface area contributed by atoms with Crippen molar-refractivity contribution in [2.45, 2.75) is 12.8 Å². The first-order chi connectivity index (χ1) is 12.4. The number of ether oxygens (including phenoxy) is 1. The zero-order valence-electron chi connectivity index (χ0n) is 14.6. The van der Waals surface area contributed by atoms with Crippen LogP contribution in [0.2, 0.25) is 0 Å². The SMILES string of the molecule is COc1ccc(-c2[nH]c3ccccc3c2CCC(=O)NS(C)(=O)=O)cc1. The highest BCUT2D eigenvalue weighted by Crippen LogP contribution is 2.32. The molecular formula is C19H20N2O4S. The average Bonchev–Trinajstić information content (AvgIpc) is 2.97. The predicted octanol–water partition coefficient (Wildman–Crippen LogP) is 2.85. The van der Waals surface area contributed by atoms with E-state index in [0.29, 0.717) is 6.42 Å². The van der Waals surface area contributed by atoms with Gasteiger partial charge in [0.05, 0.1) is 13.4 Å². The number of rotatable bonds is 6. The number of para-hydroxylation sites is 1. The van der Waals surface area contributed by atoms with Crippen molar-refractivity contribution in [3.63, 3.8) is 0 Å². The van der Waals surface area contributed by atoms with E-state index in [0.717, 1.165) is 39.7 Å². The van der Waals surface area contributed by atoms with E-state index in [1.807, 2.05) is 53.3 Å². The van der Waals surface area contributed by atoms with Gasteiger partial charge in [0.25, 0.3) is 0 Å². The normalized spacial score (nSPS) is 11.5. The van der Waals surface area contributed by atoms with Crippen LogP contribution in [0.4, 0.5) is 0 Å². The van der Waals surface area contributed by atoms with Crippen LogP contribution in [0, 0.1) is 0 Å². The number of sulfonamides is 1. The second-order valence-corrected chi connectivity index (χ2v) is 7.80. The first-order valence-electron chi connectivity index (χ1n) is 8.12. The number of aromatic nitrogens is 1. The van der Waals surface area contributed by atoms with Crippen molar-refractivity contribution in [2.24, 2.45) is 0 Å². The molecule has 0 spiro atoms. The summed E-state index contributed by atoms with van der Waals surface area (Å²) in [5.41, 5.74) is 3.84. The highest BCUT2D eigenvalue weighted by molar-refractivity contribution is 7.89. The minimum Gasteiger partial charge on any atom is -0.497 e. The van der Waals surface area contributed by atoms with Crippen molar-refractivity contribution < 1.29 is 17.9 Å². The lowest BCUT2D eigenvalue weighted by Gasteiger charge is -2.07. The number of carbonyl (C=O) groups excluding carboxylic acids is 1. The average molecular weight is 372 g/mol. The Morgan fingerprint density at radius 3 is 2.46 bits per heavy atom. The van der Waals surface area contributed by atoms with E-state index in [1.54, 1.807) is 7.11 Å². The molecule has 6 nitrogen and oxygen atoms in total. The van der Waals surface area contributed by atoms with Crippen LogP contribution in [-0.4, -0.2) is 32.7 Å². The number of methoxy groups -OCH3 is 1. The Morgan fingerprint density at radius 2 is 1.81 bits per heavy atom. The maximum Gasteiger partial charge on any atom is 0.233 e. The van der Waals surface area contributed by atoms with Gasteiger partial charge in [-0.15, -0.1) is 0 Å². The van der Waals surface area contributed by atoms with Crippen LogP contribution in [0.1, 0.15) is 12.0 Å². The van der Waals surface area contributed by atoms with Crippen molar-refractivity contribution in [3.8, 4) is 17.0 Å². The molecule has 0 unspecified atom stereocenters. The predicted molar refractivity (Wildman–Crippen MR) is 102 cm³/mol. The number of aromatic amines is 1. The molecule has 3 rings (SSSR count). The third kappa shape index (κ3) is 4.05. The summed E-state index contributed by atoms with van der Waals surface area (Å²) < 4.78 is 29.6. The topological polar surface area (TPSA) is 88.3 Å². The number of H-pyrrole nitrogens is 1. The van der Waals surface area contributed by atoms with Gasteiger partial charge in [-0.2, -0.15) is 0 Å². The van der Waals surface area contributed by atoms with Crippen LogP contribution in [0.25, 0.3) is 22.2 Å². The molecule has 2 aromatic carbocycles. The lowest BCUT2D eigenvalue weighted by molar-refractivity contribution is -0.119. The van der Waals surface area contributed by atoms with E-state index in [1.165, 1.54) is 0 Å². The van der Waals surface area contributed by atoms with Crippen molar-refractivity contribution in [1.29, 1.82) is 0 Å². The van der Waals surface area contributed by atoms with Crippen LogP contribution < -0.4 is 9.46 Å². The minimum atomic E-state index is -3.55. The molecule has 0 aliphatic carbocycles. The van der Waals surface area contributed by atoms with E-state index in [9.17, 15) is 13.2 Å². The maximum absolute atomic E-state index is 11.9. The number of hydrogen-bond acceptors (Lipinski definition) is 4. The van der Waals surface area contributed by atoms with Gasteiger partial charge >= 0.3 is 0 Å². The fourth-order valence-electron chi connectivity index (χ4n) is 2.96. The molecule has 1 amide bonds. The van der Waals surface area contributed by atoms with Crippen molar-refractivity contribution in [1.82, 2.24) is 9.71 Å². The second-order valence-electron chi connectivity index (χ2n) is 6.05. The number of carbonyl (C=O) groups is 1. The number of amides is 1. The van der Waals surface area contributed by atoms with Gasteiger partial charge in [0.2, 0.25) is 15.9 Å². The van der Waals surface area contributed by atoms with Crippen LogP contribution in [0.3, 0.4) is 0 Å². The molecule has 2 N–H and O–H groups in total. The molecule has 0 saturated carbocycles. The van der Waals surface area contributed by atoms with Gasteiger partial charge in [0, 0.05) is 23.0 Å². The number of fused-ring (bicyclic) bond motifs is 1. The van der Waals surface area contributed by atoms with Crippen molar-refractivity contribution in [3.05, 3.63) is 54.1 Å². The molecule has 0 bridgehead atoms. The molecular weight excluding hydrogens is 352 g/mol. The maximum atomic E-state index is 11.9. The molecule has 1 aromatic heterocycles. The Hall–Kier alpha value is -2.80. The molecule has 0 radical (unpaired) electrons. The fourth-order valence-corrected chi connectivity index (χ4v) is 3.48. The van der Waals surface area contributed by atoms with Crippen molar-refractivity contribution >= 4 is 26.8 Å². The van der Waals surface area contributed by atoms with Gasteiger partial charge < -0.3 is 9.72 Å². The first kappa shape index (κ1) is 18.0. The lowest BCUT2D eigenvalue weighted by Crippen LogP contribution is -2.29. The van der Waals surface area contributed by atoms with Gasteiger partial charge in [0.15, 0.2) is 0 Å². The number of hydrogen-bond donors (Lipinski definition) is 2. The van der Waals surface area contributed by atoms with Crippen LogP contribution >= 0.6 is 0 Å². The summed E-state index contributed by atoms with van der Waals surface area (Å²) in [6, 6.07) is 15.5. The minimum absolute atomic E-state index is 0.0814. The van der Waals surface area contributed by atoms with Crippen molar-refractivity contribution in [2.75, 3.05) is 13.4 Å². The Bertz CT molecular complexity index is 1040. The number of benzene rings is 2. The Morgan fingerprint density at radius 1 is 1.12 bits per heavy atom. The van der Waals surface area contributed by atoms with Crippen LogP contribution in [0.5, 0.6) is 5.75 Å². The second kappa shape index (κ2) is 7.21. The van der Waals surface area contributed by atoms with E-state index >= 15 is 0 Å². The fraction of sp³-hybridized carbons (Fsp3) is 0.211. The molecule has 0 atom stereocenters. The summed E-state index contributed by atoms with van der Waals surface area (Å²) in [4.78, 5) is 15.3. The van der Waals surface area contributed by atoms with E-state index in [4.69, 9.17) is 4.74 Å². The Kier molecular flexibility index (Phi) is 4.99. The van der Waals surface area contributed by atoms with Gasteiger partial charge in [-0.25, -0.2) is 8.42 Å². The summed E-state index contributed by atoms with van der Waals surface area (Å²) in [5, 5.41) is 1.02. The number of nitrogens with one attached hydrogen (secondary N) is 2. The molecule has 136 valence electrons. The molecule has 26 heavy (non-hydrogen) atoms. The molecule has 0 aliphatic rings. The van der Waals surface area contributed by atoms with Crippen LogP contribution in [-0.2, 0) is 21.2 Å². The quantitative estimate of drug-likeness (QED) is 0.696. The molecule has 0 saturated heterocycles. The van der Waals surface area contributed by atoms with E-state index in [-0.39, 0.29) is 6.42 Å². The monoisotopic (exact) mass is 372 g/mol. The molecule has 1 heterocycles. The van der Waals surface area contributed by atoms with Crippen LogP contribution in [0.15, 0.2) is 48.5 Å². The largest absolute Gasteiger partial charge is 0.497 e. The third-order valence-electron chi connectivity index (χ3n) is 4.09. The van der Waals surface area contributed by atoms with E-state index < -0.39 is 15.9 Å². The molecule has 0 aliphatic heterocycles. The van der Waals surface area contributed by atoms with E-state index in [2.05, 4.69) is 4.98 Å². The van der Waals surface area contributed by atoms with Gasteiger partial charge in [-0.1, -0.05) is 18.2 Å². The zero-order valence-corrected chi connectivity index (χ0v) is 15.4. The highest BCUT2D eigenvalue weighted by Gasteiger charge is 2.15. The summed E-state index contributed by atoms with van der Waals surface area (Å²) >= 11 is 0. The number of aryl methyl sites for hydroxylation is 1. The Balaban J connectivity index is 1.95. The lowest BCUT2D eigenvalue weighted by atomic mass is 10.0. The standard InChI is InChI=1S/C19H20N2O4S/c1-25-14-9-7-13(8-10-14)19-16(11-12-18(22)21-26(2,23)24)15-5-3-4-6-17(15)20-19/h3-10,20H,11-12H2,1-2H3,(H,21,22). The first-order valence-corrected chi connectivity index (χ1v) is 10.0. The summed E-state index contributed by atoms with van der Waals surface area (Å²) in [5.74, 6) is 0.248. The van der Waals surface area contributed by atoms with Gasteiger partial charge in [-0.05, 0) is 47.9 Å². The highest BCUT2D eigenvalue weighted by atomic mass is 32.2. The molecule has 7 heteroatoms. The Labute approximate surface area is 152 Å². The summed E-state index contributed by atoms with van der Waals surface area (Å²) in [6.45, 7) is 0. The molecule has 3 aromatic rings. The summed E-state index contributed by atoms with van der Waals surface area (Å²) in [7, 11) is -1.93. The molecule has 0 fully saturated rings. The van der Waals surface area contributed by atoms with Gasteiger partial charge in [0.1, 0.15) is 5.75 Å². The summed E-state index contributed by atoms with van der Waals surface area (Å²) in [6.07, 6.45) is 1.48. The zero-order chi connectivity index (χ0) is 18.7. The van der Waals surface area contributed by atoms with Gasteiger partial charge in [-0.3, -0.25) is 9.52 Å². The smallest absolute Gasteiger partial charge is 0.233 e. The third-order valence-corrected chi connectivity index (χ3v) is 4.69.